The van der Waals surface area contributed by atoms with Gasteiger partial charge in [-0.25, -0.2) is 4.79 Å². The van der Waals surface area contributed by atoms with Crippen molar-refractivity contribution in [2.75, 3.05) is 5.75 Å². The number of hydrogen-bond acceptors (Lipinski definition) is 6. The monoisotopic (exact) mass is 316 g/mol. The van der Waals surface area contributed by atoms with Crippen LogP contribution in [0.25, 0.3) is 6.08 Å². The second-order valence-corrected chi connectivity index (χ2v) is 6.31. The van der Waals surface area contributed by atoms with Gasteiger partial charge in [0.1, 0.15) is 6.10 Å². The summed E-state index contributed by atoms with van der Waals surface area (Å²) in [6, 6.07) is 1.64. The fraction of sp³-hybridized carbons (Fsp3) is 0.385. The Kier molecular flexibility index (Phi) is 6.94. The molecule has 110 valence electrons. The fourth-order valence-electron chi connectivity index (χ4n) is 1.47. The number of carbonyl (C=O) groups excluding carboxylic acids is 1. The van der Waals surface area contributed by atoms with Gasteiger partial charge in [0.25, 0.3) is 0 Å². The van der Waals surface area contributed by atoms with Gasteiger partial charge >= 0.3 is 5.97 Å². The molecule has 1 aromatic heterocycles. The maximum Gasteiger partial charge on any atom is 0.328 e. The number of carboxylic acid groups (broad SMARTS) is 1. The minimum Gasteiger partial charge on any atom is -0.478 e. The van der Waals surface area contributed by atoms with Crippen LogP contribution < -0.4 is 0 Å². The summed E-state index contributed by atoms with van der Waals surface area (Å²) in [5.74, 6) is -0.592. The topological polar surface area (TPSA) is 94.8 Å². The Morgan fingerprint density at radius 1 is 1.45 bits per heavy atom. The van der Waals surface area contributed by atoms with Crippen molar-refractivity contribution in [1.82, 2.24) is 0 Å². The zero-order valence-electron chi connectivity index (χ0n) is 10.9. The van der Waals surface area contributed by atoms with Crippen LogP contribution in [0.1, 0.15) is 29.9 Å². The van der Waals surface area contributed by atoms with Crippen LogP contribution in [0.3, 0.4) is 0 Å². The molecule has 2 atom stereocenters. The van der Waals surface area contributed by atoms with E-state index in [0.29, 0.717) is 22.6 Å². The lowest BCUT2D eigenvalue weighted by molar-refractivity contribution is -0.131. The van der Waals surface area contributed by atoms with Gasteiger partial charge in [0.05, 0.1) is 6.10 Å². The van der Waals surface area contributed by atoms with Crippen LogP contribution in [0.5, 0.6) is 0 Å². The molecule has 0 spiro atoms. The Hall–Kier alpha value is -1.15. The van der Waals surface area contributed by atoms with Crippen LogP contribution in [0.2, 0.25) is 0 Å². The first-order valence-electron chi connectivity index (χ1n) is 5.89. The van der Waals surface area contributed by atoms with Crippen LogP contribution in [-0.4, -0.2) is 38.3 Å². The molecule has 0 saturated carbocycles. The molecule has 0 aliphatic rings. The summed E-state index contributed by atoms with van der Waals surface area (Å²) in [6.45, 7) is 1.45. The van der Waals surface area contributed by atoms with E-state index in [1.807, 2.05) is 0 Å². The third-order valence-corrected chi connectivity index (χ3v) is 4.22. The van der Waals surface area contributed by atoms with E-state index in [1.165, 1.54) is 24.3 Å². The minimum atomic E-state index is -1.04. The van der Waals surface area contributed by atoms with Crippen LogP contribution in [0, 0.1) is 0 Å². The maximum absolute atomic E-state index is 10.8. The Morgan fingerprint density at radius 2 is 2.15 bits per heavy atom. The molecular weight excluding hydrogens is 300 g/mol. The van der Waals surface area contributed by atoms with Gasteiger partial charge in [-0.05, 0) is 29.5 Å². The third-order valence-electron chi connectivity index (χ3n) is 2.46. The van der Waals surface area contributed by atoms with Gasteiger partial charge in [0.2, 0.25) is 0 Å². The quantitative estimate of drug-likeness (QED) is 0.665. The van der Waals surface area contributed by atoms with Gasteiger partial charge in [0.15, 0.2) is 5.12 Å². The predicted octanol–water partition coefficient (Wildman–Crippen LogP) is 1.91. The first-order chi connectivity index (χ1) is 9.40. The number of rotatable bonds is 7. The first-order valence-corrected chi connectivity index (χ1v) is 7.75. The van der Waals surface area contributed by atoms with Crippen molar-refractivity contribution in [3.05, 3.63) is 28.0 Å². The number of aliphatic carboxylic acids is 1. The molecule has 7 heteroatoms. The lowest BCUT2D eigenvalue weighted by Crippen LogP contribution is -2.18. The molecule has 1 rings (SSSR count). The molecule has 3 N–H and O–H groups in total. The highest BCUT2D eigenvalue weighted by Gasteiger charge is 2.19. The van der Waals surface area contributed by atoms with Gasteiger partial charge in [-0.1, -0.05) is 11.8 Å². The lowest BCUT2D eigenvalue weighted by Gasteiger charge is -2.16. The second-order valence-electron chi connectivity index (χ2n) is 4.09. The zero-order valence-corrected chi connectivity index (χ0v) is 12.5. The number of carboxylic acids is 1. The lowest BCUT2D eigenvalue weighted by atomic mass is 10.1. The second kappa shape index (κ2) is 8.21. The SMILES string of the molecule is CC(=O)SCCC(O)C(O)c1csc(/C=C/C(=O)O)c1. The number of thioether (sulfide) groups is 1. The molecule has 0 bridgehead atoms. The summed E-state index contributed by atoms with van der Waals surface area (Å²) in [7, 11) is 0. The van der Waals surface area contributed by atoms with Crippen molar-refractivity contribution in [2.24, 2.45) is 0 Å². The molecule has 0 fully saturated rings. The average molecular weight is 316 g/mol. The maximum atomic E-state index is 10.8. The van der Waals surface area contributed by atoms with Crippen molar-refractivity contribution in [3.63, 3.8) is 0 Å². The van der Waals surface area contributed by atoms with E-state index in [2.05, 4.69) is 0 Å². The average Bonchev–Trinajstić information content (AvgIpc) is 2.83. The van der Waals surface area contributed by atoms with E-state index in [9.17, 15) is 19.8 Å². The molecular formula is C13H16O5S2. The van der Waals surface area contributed by atoms with E-state index in [-0.39, 0.29) is 5.12 Å². The number of thiophene rings is 1. The highest BCUT2D eigenvalue weighted by Crippen LogP contribution is 2.26. The highest BCUT2D eigenvalue weighted by atomic mass is 32.2. The smallest absolute Gasteiger partial charge is 0.328 e. The van der Waals surface area contributed by atoms with Crippen LogP contribution in [-0.2, 0) is 9.59 Å². The number of carbonyl (C=O) groups is 2. The van der Waals surface area contributed by atoms with Gasteiger partial charge in [-0.3, -0.25) is 4.79 Å². The summed E-state index contributed by atoms with van der Waals surface area (Å²) in [5, 5.41) is 30.0. The van der Waals surface area contributed by atoms with E-state index >= 15 is 0 Å². The summed E-state index contributed by atoms with van der Waals surface area (Å²) in [5.41, 5.74) is 0.542. The van der Waals surface area contributed by atoms with Crippen molar-refractivity contribution >= 4 is 40.3 Å². The summed E-state index contributed by atoms with van der Waals surface area (Å²) >= 11 is 2.39. The molecule has 0 saturated heterocycles. The first kappa shape index (κ1) is 16.9. The van der Waals surface area contributed by atoms with E-state index in [0.717, 1.165) is 17.8 Å². The largest absolute Gasteiger partial charge is 0.478 e. The Bertz CT molecular complexity index is 495. The predicted molar refractivity (Wildman–Crippen MR) is 79.7 cm³/mol. The van der Waals surface area contributed by atoms with E-state index in [1.54, 1.807) is 11.4 Å². The van der Waals surface area contributed by atoms with Gasteiger partial charge < -0.3 is 15.3 Å². The molecule has 1 heterocycles. The molecule has 0 aliphatic heterocycles. The molecule has 5 nitrogen and oxygen atoms in total. The third kappa shape index (κ3) is 5.87. The molecule has 1 aromatic rings. The fourth-order valence-corrected chi connectivity index (χ4v) is 2.94. The van der Waals surface area contributed by atoms with Crippen molar-refractivity contribution in [3.8, 4) is 0 Å². The summed E-state index contributed by atoms with van der Waals surface area (Å²) in [4.78, 5) is 21.8. The molecule has 20 heavy (non-hydrogen) atoms. The van der Waals surface area contributed by atoms with Crippen molar-refractivity contribution < 1.29 is 24.9 Å². The van der Waals surface area contributed by atoms with Crippen LogP contribution in [0.4, 0.5) is 0 Å². The molecule has 0 aromatic carbocycles. The zero-order chi connectivity index (χ0) is 15.1. The summed E-state index contributed by atoms with van der Waals surface area (Å²) < 4.78 is 0. The van der Waals surface area contributed by atoms with Crippen LogP contribution >= 0.6 is 23.1 Å². The Balaban J connectivity index is 2.56. The van der Waals surface area contributed by atoms with Gasteiger partial charge in [-0.15, -0.1) is 11.3 Å². The standard InChI is InChI=1S/C13H16O5S2/c1-8(14)19-5-4-11(15)13(18)9-6-10(20-7-9)2-3-12(16)17/h2-3,6-7,11,13,15,18H,4-5H2,1H3,(H,16,17)/b3-2+. The van der Waals surface area contributed by atoms with E-state index < -0.39 is 18.2 Å². The Labute approximate surface area is 124 Å². The van der Waals surface area contributed by atoms with Gasteiger partial charge in [-0.2, -0.15) is 0 Å². The van der Waals surface area contributed by atoms with Gasteiger partial charge in [0, 0.05) is 23.6 Å². The van der Waals surface area contributed by atoms with Crippen LogP contribution in [0.15, 0.2) is 17.5 Å². The number of aliphatic hydroxyl groups is 2. The molecule has 0 aliphatic carbocycles. The highest BCUT2D eigenvalue weighted by molar-refractivity contribution is 8.13. The molecule has 0 amide bonds. The number of aliphatic hydroxyl groups excluding tert-OH is 2. The van der Waals surface area contributed by atoms with Crippen molar-refractivity contribution in [1.29, 1.82) is 0 Å². The number of hydrogen-bond donors (Lipinski definition) is 3. The van der Waals surface area contributed by atoms with E-state index in [4.69, 9.17) is 5.11 Å². The van der Waals surface area contributed by atoms with Crippen molar-refractivity contribution in [2.45, 2.75) is 25.6 Å². The minimum absolute atomic E-state index is 0.0247. The summed E-state index contributed by atoms with van der Waals surface area (Å²) in [6.07, 6.45) is 0.767. The molecule has 2 unspecified atom stereocenters. The molecule has 0 radical (unpaired) electrons. The normalized spacial score (nSPS) is 14.3. The Morgan fingerprint density at radius 3 is 2.75 bits per heavy atom.